The molecule has 6 aromatic heterocycles. The van der Waals surface area contributed by atoms with Crippen LogP contribution in [0.15, 0.2) is 175 Å². The Labute approximate surface area is 801 Å². The van der Waals surface area contributed by atoms with Crippen molar-refractivity contribution in [2.24, 2.45) is 23.7 Å². The van der Waals surface area contributed by atoms with Crippen molar-refractivity contribution in [1.82, 2.24) is 69.6 Å². The Morgan fingerprint density at radius 2 is 0.899 bits per heavy atom. The minimum absolute atomic E-state index is 0.00150. The average molecular weight is 1960 g/mol. The normalized spacial score (nSPS) is 15.8. The molecule has 2 unspecified atom stereocenters. The van der Waals surface area contributed by atoms with E-state index >= 15 is 0 Å². The fourth-order valence-electron chi connectivity index (χ4n) is 16.6. The fourth-order valence-corrected chi connectivity index (χ4v) is 19.0. The number of nitrogens with two attached hydrogens (primary N) is 5. The van der Waals surface area contributed by atoms with Crippen LogP contribution in [0, 0.1) is 23.7 Å². The third kappa shape index (κ3) is 26.2. The van der Waals surface area contributed by atoms with Crippen molar-refractivity contribution < 1.29 is 19.4 Å². The average Bonchev–Trinajstić information content (AvgIpc) is 1.57. The number of phenolic OH excluding ortho intramolecular Hbond substituents is 1. The molecule has 0 spiro atoms. The van der Waals surface area contributed by atoms with Crippen molar-refractivity contribution in [3.8, 4) is 73.3 Å². The van der Waals surface area contributed by atoms with E-state index in [0.717, 1.165) is 144 Å². The number of hydrogen-bond acceptors (Lipinski definition) is 24. The van der Waals surface area contributed by atoms with E-state index in [-0.39, 0.29) is 53.0 Å². The van der Waals surface area contributed by atoms with Gasteiger partial charge in [-0.3, -0.25) is 4.79 Å². The maximum Gasteiger partial charge on any atom is 0.409 e. The van der Waals surface area contributed by atoms with Crippen LogP contribution in [0.25, 0.3) is 67.5 Å². The molecule has 7 aromatic carbocycles. The molecule has 0 radical (unpaired) electrons. The van der Waals surface area contributed by atoms with Gasteiger partial charge in [0.05, 0.1) is 85.3 Å². The third-order valence-corrected chi connectivity index (χ3v) is 27.0. The Hall–Kier alpha value is -10.5. The number of halogens is 10. The number of piperidine rings is 1. The molecular weight excluding hydrogens is 1860 g/mol. The van der Waals surface area contributed by atoms with E-state index in [4.69, 9.17) is 149 Å². The number of phenols is 1. The number of aromatic nitrogens is 12. The number of ether oxygens (including phenoxy) is 1. The van der Waals surface area contributed by atoms with Gasteiger partial charge in [-0.15, -0.1) is 5.10 Å². The lowest BCUT2D eigenvalue weighted by atomic mass is 9.80. The number of anilines is 7. The molecule has 14 N–H and O–H groups in total. The molecule has 18 rings (SSSR count). The lowest BCUT2D eigenvalue weighted by Crippen LogP contribution is -2.39. The highest BCUT2D eigenvalue weighted by molar-refractivity contribution is 7.03. The number of aryl methyl sites for hydroxylation is 3. The van der Waals surface area contributed by atoms with Gasteiger partial charge in [0.2, 0.25) is 35.6 Å². The SMILES string of the molecule is CC(=O)NCCCCCc1cc(-c2cccc(Cl)c2Cl)nc(N)n1.CCOC(=O)N1CCC(Cc2cc(-c3cccc(Cl)c3Cl)nc(N)n2)CC1.Nc1nc(CCc2ccc(-c3csnn3)cc2)cc(-c2cccc(Cl)c2Cl)n1.Nc1nc(NC23CC4CC(CC2C4)C3)cc(-c2cccc(Cl)c2Cl)n1.Nc1nc(NCCc2ccc(O)cc2)cc(-c2cccc(Cl)c2Cl)n1. The number of unbranched alkanes of at least 4 members (excludes halogenated alkanes) is 2. The summed E-state index contributed by atoms with van der Waals surface area (Å²) in [5, 5.41) is 29.8. The molecule has 5 aliphatic rings. The molecule has 2 amide bonds. The smallest absolute Gasteiger partial charge is 0.409 e. The summed E-state index contributed by atoms with van der Waals surface area (Å²) in [6, 6.07) is 52.0. The lowest BCUT2D eigenvalue weighted by molar-refractivity contribution is -0.118. The molecule has 5 fully saturated rings. The topological polar surface area (TPSA) is 388 Å². The minimum atomic E-state index is -0.236. The summed E-state index contributed by atoms with van der Waals surface area (Å²) in [6.45, 7) is 6.47. The highest BCUT2D eigenvalue weighted by Gasteiger charge is 2.58. The number of aromatic hydroxyl groups is 1. The largest absolute Gasteiger partial charge is 0.508 e. The first-order valence-corrected chi connectivity index (χ1v) is 46.5. The number of carbonyl (C=O) groups excluding carboxylic acids is 2. The molecule has 25 nitrogen and oxygen atoms in total. The third-order valence-electron chi connectivity index (χ3n) is 22.4. The maximum atomic E-state index is 11.8. The number of likely N-dealkylation sites (tertiary alicyclic amines) is 1. The van der Waals surface area contributed by atoms with Crippen LogP contribution in [-0.2, 0) is 41.6 Å². The van der Waals surface area contributed by atoms with Crippen LogP contribution in [0.2, 0.25) is 50.2 Å². The van der Waals surface area contributed by atoms with Crippen LogP contribution in [-0.4, -0.2) is 120 Å². The lowest BCUT2D eigenvalue weighted by Gasteiger charge is -2.34. The summed E-state index contributed by atoms with van der Waals surface area (Å²) in [5.74, 6) is 5.67. The molecule has 36 heteroatoms. The number of amides is 2. The van der Waals surface area contributed by atoms with E-state index in [9.17, 15) is 14.7 Å². The van der Waals surface area contributed by atoms with Crippen molar-refractivity contribution in [3.63, 3.8) is 0 Å². The molecule has 1 saturated heterocycles. The minimum Gasteiger partial charge on any atom is -0.508 e. The molecule has 1 aliphatic heterocycles. The first-order valence-electron chi connectivity index (χ1n) is 41.8. The van der Waals surface area contributed by atoms with E-state index < -0.39 is 0 Å². The van der Waals surface area contributed by atoms with Crippen LogP contribution < -0.4 is 44.6 Å². The van der Waals surface area contributed by atoms with Gasteiger partial charge in [-0.25, -0.2) is 44.7 Å². The van der Waals surface area contributed by atoms with Crippen LogP contribution >= 0.6 is 128 Å². The summed E-state index contributed by atoms with van der Waals surface area (Å²) in [4.78, 5) is 67.5. The first kappa shape index (κ1) is 96.1. The number of rotatable bonds is 24. The maximum absolute atomic E-state index is 11.8. The Bertz CT molecular complexity index is 6060. The summed E-state index contributed by atoms with van der Waals surface area (Å²) >= 11 is 63.4. The number of nitrogens with one attached hydrogen (secondary N) is 3. The molecule has 4 aliphatic carbocycles. The highest BCUT2D eigenvalue weighted by atomic mass is 35.5. The van der Waals surface area contributed by atoms with E-state index in [1.807, 2.05) is 103 Å². The monoisotopic (exact) mass is 1950 g/mol. The molecule has 670 valence electrons. The van der Waals surface area contributed by atoms with Crippen LogP contribution in [0.3, 0.4) is 0 Å². The summed E-state index contributed by atoms with van der Waals surface area (Å²) < 4.78 is 8.96. The number of hydrogen-bond donors (Lipinski definition) is 9. The molecule has 13 aromatic rings. The Balaban J connectivity index is 0.000000138. The van der Waals surface area contributed by atoms with Gasteiger partial charge in [-0.2, -0.15) is 9.97 Å². The Kier molecular flexibility index (Phi) is 33.8. The van der Waals surface area contributed by atoms with E-state index in [0.29, 0.717) is 129 Å². The van der Waals surface area contributed by atoms with Gasteiger partial charge in [-0.1, -0.05) is 224 Å². The highest BCUT2D eigenvalue weighted by Crippen LogP contribution is 2.61. The first-order chi connectivity index (χ1) is 62.1. The molecule has 2 atom stereocenters. The number of benzene rings is 7. The van der Waals surface area contributed by atoms with Crippen LogP contribution in [0.4, 0.5) is 46.2 Å². The van der Waals surface area contributed by atoms with Crippen molar-refractivity contribution in [3.05, 3.63) is 254 Å². The van der Waals surface area contributed by atoms with E-state index in [2.05, 4.69) is 99.6 Å². The number of carbonyl (C=O) groups is 2. The van der Waals surface area contributed by atoms with Gasteiger partial charge < -0.3 is 59.4 Å². The summed E-state index contributed by atoms with van der Waals surface area (Å²) in [5.41, 5.74) is 43.5. The summed E-state index contributed by atoms with van der Waals surface area (Å²) in [7, 11) is 0. The van der Waals surface area contributed by atoms with Gasteiger partial charge in [-0.05, 0) is 204 Å². The molecule has 129 heavy (non-hydrogen) atoms. The molecule has 4 saturated carbocycles. The standard InChI is InChI=1S/C20H15Cl2N5S.C19H22Cl2N4O2.C19H20Cl2N4.C18H16Cl2N4O.C17H20Cl2N4O/c21-16-3-1-2-15(19(16)22)17-10-14(24-20(23)25-17)9-6-12-4-7-13(8-5-12)18-11-28-27-26-18;1-2-27-19(26)25-8-6-12(7-9-25)10-13-11-16(24-18(22)23-13)14-4-3-5-15(20)17(14)21;20-14-3-1-2-13(17(14)21)15-7-16(24-18(22)23-15)25-19-8-10-4-11(9-19)6-12(19)5-10;19-14-3-1-2-13(17(14)20)15-10-16(24-18(21)23-15)22-9-8-11-4-6-12(25)7-5-11;1-11(24)21-9-4-2-3-6-12-10-15(23-17(20)22-12)13-7-5-8-14(18)16(13)19/h1-5,7-8,10-11H,6,9H2,(H2,23,24,25);3-5,11-12H,2,6-10H2,1H3,(H2,22,23,24);1-3,7,10-12H,4-6,8-9H2,(H3,22,23,24,25);1-7,10,25H,8-9H2,(H3,21,22,23,24);5,7-8,10H,2-4,6,9H2,1H3,(H,21,24)(H2,20,22,23). The van der Waals surface area contributed by atoms with Gasteiger partial charge in [0.25, 0.3) is 0 Å². The fraction of sp³-hybridized carbons (Fsp3) is 0.290. The Morgan fingerprint density at radius 1 is 0.473 bits per heavy atom. The van der Waals surface area contributed by atoms with E-state index in [1.165, 1.54) is 56.1 Å². The zero-order valence-corrected chi connectivity index (χ0v) is 78.6. The predicted octanol–water partition coefficient (Wildman–Crippen LogP) is 23.1. The zero-order chi connectivity index (χ0) is 91.4. The quantitative estimate of drug-likeness (QED) is 0.0254. The molecule has 4 bridgehead atoms. The van der Waals surface area contributed by atoms with Gasteiger partial charge >= 0.3 is 6.09 Å². The van der Waals surface area contributed by atoms with E-state index in [1.54, 1.807) is 59.5 Å². The van der Waals surface area contributed by atoms with Crippen LogP contribution in [0.1, 0.15) is 106 Å². The summed E-state index contributed by atoms with van der Waals surface area (Å²) in [6.07, 6.45) is 15.0. The van der Waals surface area contributed by atoms with Crippen molar-refractivity contribution in [2.75, 3.05) is 72.1 Å². The van der Waals surface area contributed by atoms with Gasteiger partial charge in [0.1, 0.15) is 23.1 Å². The zero-order valence-electron chi connectivity index (χ0n) is 70.3. The van der Waals surface area contributed by atoms with Crippen molar-refractivity contribution in [1.29, 1.82) is 0 Å². The second kappa shape index (κ2) is 45.4. The molecular formula is C93H93Cl10N21O4S. The van der Waals surface area contributed by atoms with Crippen molar-refractivity contribution in [2.45, 2.75) is 116 Å². The number of nitrogens with zero attached hydrogens (tertiary/aromatic N) is 13. The second-order valence-electron chi connectivity index (χ2n) is 31.6. The molecule has 7 heterocycles. The number of nitrogen functional groups attached to an aromatic ring is 5. The Morgan fingerprint density at radius 3 is 1.36 bits per heavy atom. The predicted molar refractivity (Wildman–Crippen MR) is 524 cm³/mol. The van der Waals surface area contributed by atoms with Crippen molar-refractivity contribution >= 4 is 181 Å². The van der Waals surface area contributed by atoms with Gasteiger partial charge in [0, 0.05) is 107 Å². The van der Waals surface area contributed by atoms with Gasteiger partial charge in [0.15, 0.2) is 0 Å². The second-order valence-corrected chi connectivity index (χ2v) is 36.1. The van der Waals surface area contributed by atoms with Crippen LogP contribution in [0.5, 0.6) is 5.75 Å².